The first-order valence-corrected chi connectivity index (χ1v) is 7.42. The highest BCUT2D eigenvalue weighted by atomic mass is 16.6. The average Bonchev–Trinajstić information content (AvgIpc) is 2.54. The van der Waals surface area contributed by atoms with Gasteiger partial charge in [-0.3, -0.25) is 10.1 Å². The molecule has 2 aromatic carbocycles. The van der Waals surface area contributed by atoms with Crippen LogP contribution in [0.4, 0.5) is 11.4 Å². The fourth-order valence-corrected chi connectivity index (χ4v) is 3.25. The van der Waals surface area contributed by atoms with Gasteiger partial charge in [0.15, 0.2) is 13.0 Å². The molecule has 6 nitrogen and oxygen atoms in total. The summed E-state index contributed by atoms with van der Waals surface area (Å²) in [5.74, 6) is 0.632. The first kappa shape index (κ1) is 14.0. The summed E-state index contributed by atoms with van der Waals surface area (Å²) in [6, 6.07) is 12.6. The Bertz CT molecular complexity index is 803. The molecule has 23 heavy (non-hydrogen) atoms. The van der Waals surface area contributed by atoms with Crippen LogP contribution in [-0.2, 0) is 10.3 Å². The maximum atomic E-state index is 11.1. The Balaban J connectivity index is 1.87. The maximum absolute atomic E-state index is 11.1. The van der Waals surface area contributed by atoms with Gasteiger partial charge in [0, 0.05) is 23.4 Å². The highest BCUT2D eigenvalue weighted by molar-refractivity contribution is 5.61. The number of nitrogens with zero attached hydrogens (tertiary/aromatic N) is 2. The number of ether oxygens (including phenoxy) is 2. The van der Waals surface area contributed by atoms with Gasteiger partial charge in [0.1, 0.15) is 5.75 Å². The normalized spacial score (nSPS) is 20.8. The minimum absolute atomic E-state index is 0.0365. The van der Waals surface area contributed by atoms with Crippen LogP contribution in [0.15, 0.2) is 42.5 Å². The van der Waals surface area contributed by atoms with Gasteiger partial charge in [-0.05, 0) is 26.0 Å². The van der Waals surface area contributed by atoms with Gasteiger partial charge < -0.3 is 14.4 Å². The summed E-state index contributed by atoms with van der Waals surface area (Å²) in [4.78, 5) is 12.7. The van der Waals surface area contributed by atoms with Crippen molar-refractivity contribution in [3.63, 3.8) is 0 Å². The van der Waals surface area contributed by atoms with Crippen molar-refractivity contribution >= 4 is 11.4 Å². The zero-order valence-electron chi connectivity index (χ0n) is 12.9. The lowest BCUT2D eigenvalue weighted by Gasteiger charge is -2.47. The molecule has 0 saturated carbocycles. The van der Waals surface area contributed by atoms with Crippen LogP contribution in [0.1, 0.15) is 31.2 Å². The van der Waals surface area contributed by atoms with Crippen LogP contribution in [0, 0.1) is 10.1 Å². The Morgan fingerprint density at radius 2 is 2.04 bits per heavy atom. The third-order valence-corrected chi connectivity index (χ3v) is 4.38. The smallest absolute Gasteiger partial charge is 0.270 e. The van der Waals surface area contributed by atoms with E-state index < -0.39 is 16.8 Å². The van der Waals surface area contributed by atoms with Gasteiger partial charge in [0.25, 0.3) is 5.69 Å². The third-order valence-electron chi connectivity index (χ3n) is 4.38. The van der Waals surface area contributed by atoms with E-state index in [0.717, 1.165) is 11.3 Å². The minimum Gasteiger partial charge on any atom is -0.473 e. The number of rotatable bonds is 1. The van der Waals surface area contributed by atoms with Crippen LogP contribution in [0.3, 0.4) is 0 Å². The number of benzene rings is 2. The van der Waals surface area contributed by atoms with E-state index in [0.29, 0.717) is 18.0 Å². The van der Waals surface area contributed by atoms with Gasteiger partial charge in [0.2, 0.25) is 0 Å². The standard InChI is InChI=1S/C17H16N2O4/c1-17(2)13-5-3-4-6-14(13)18-10-22-15-8-7-11(19(20)21)9-12(15)16(18)23-17/h3-9,16H,10H2,1-2H3/t16-/m1/s1. The second kappa shape index (κ2) is 4.70. The molecule has 0 spiro atoms. The monoisotopic (exact) mass is 312 g/mol. The van der Waals surface area contributed by atoms with Crippen molar-refractivity contribution in [3.8, 4) is 5.75 Å². The topological polar surface area (TPSA) is 64.8 Å². The molecule has 0 saturated heterocycles. The Morgan fingerprint density at radius 1 is 1.26 bits per heavy atom. The molecule has 0 N–H and O–H groups in total. The lowest BCUT2D eigenvalue weighted by Crippen LogP contribution is -2.46. The highest BCUT2D eigenvalue weighted by Crippen LogP contribution is 2.49. The molecule has 0 aliphatic carbocycles. The molecule has 2 heterocycles. The molecule has 0 aromatic heterocycles. The zero-order valence-corrected chi connectivity index (χ0v) is 12.9. The van der Waals surface area contributed by atoms with E-state index >= 15 is 0 Å². The molecule has 0 amide bonds. The van der Waals surface area contributed by atoms with Gasteiger partial charge in [-0.1, -0.05) is 18.2 Å². The largest absolute Gasteiger partial charge is 0.473 e. The van der Waals surface area contributed by atoms with Crippen molar-refractivity contribution in [2.45, 2.75) is 25.7 Å². The summed E-state index contributed by atoms with van der Waals surface area (Å²) in [7, 11) is 0. The summed E-state index contributed by atoms with van der Waals surface area (Å²) < 4.78 is 12.1. The minimum atomic E-state index is -0.489. The number of fused-ring (bicyclic) bond motifs is 5. The van der Waals surface area contributed by atoms with Crippen molar-refractivity contribution in [2.75, 3.05) is 11.6 Å². The van der Waals surface area contributed by atoms with Crippen molar-refractivity contribution in [2.24, 2.45) is 0 Å². The Hall–Kier alpha value is -2.60. The summed E-state index contributed by atoms with van der Waals surface area (Å²) in [5, 5.41) is 11.1. The van der Waals surface area contributed by atoms with Gasteiger partial charge in [-0.15, -0.1) is 0 Å². The van der Waals surface area contributed by atoms with Crippen molar-refractivity contribution < 1.29 is 14.4 Å². The predicted molar refractivity (Wildman–Crippen MR) is 84.4 cm³/mol. The van der Waals surface area contributed by atoms with Crippen LogP contribution in [0.2, 0.25) is 0 Å². The fraction of sp³-hybridized carbons (Fsp3) is 0.294. The summed E-state index contributed by atoms with van der Waals surface area (Å²) >= 11 is 0. The lowest BCUT2D eigenvalue weighted by molar-refractivity contribution is -0.385. The number of hydrogen-bond donors (Lipinski definition) is 0. The number of nitro groups is 1. The fourth-order valence-electron chi connectivity index (χ4n) is 3.25. The maximum Gasteiger partial charge on any atom is 0.270 e. The predicted octanol–water partition coefficient (Wildman–Crippen LogP) is 3.72. The molecule has 2 aliphatic rings. The average molecular weight is 312 g/mol. The Labute approximate surface area is 133 Å². The summed E-state index contributed by atoms with van der Waals surface area (Å²) in [6.45, 7) is 4.37. The number of nitro benzene ring substituents is 1. The SMILES string of the molecule is CC1(C)O[C@@H]2c3cc([N+](=O)[O-])ccc3OCN2c2ccccc21. The molecule has 118 valence electrons. The van der Waals surface area contributed by atoms with Gasteiger partial charge in [-0.25, -0.2) is 0 Å². The zero-order chi connectivity index (χ0) is 16.2. The molecule has 4 rings (SSSR count). The molecule has 0 bridgehead atoms. The van der Waals surface area contributed by atoms with Crippen LogP contribution in [-0.4, -0.2) is 11.7 Å². The number of non-ortho nitro benzene ring substituents is 1. The molecule has 2 aliphatic heterocycles. The molecular weight excluding hydrogens is 296 g/mol. The van der Waals surface area contributed by atoms with Crippen LogP contribution in [0.5, 0.6) is 5.75 Å². The molecule has 1 atom stereocenters. The number of para-hydroxylation sites is 1. The van der Waals surface area contributed by atoms with Crippen molar-refractivity contribution in [3.05, 3.63) is 63.7 Å². The summed E-state index contributed by atoms with van der Waals surface area (Å²) in [6.07, 6.45) is -0.399. The van der Waals surface area contributed by atoms with E-state index in [1.165, 1.54) is 12.1 Å². The quantitative estimate of drug-likeness (QED) is 0.593. The highest BCUT2D eigenvalue weighted by Gasteiger charge is 2.42. The first-order valence-electron chi connectivity index (χ1n) is 7.42. The molecule has 2 aromatic rings. The second-order valence-electron chi connectivity index (χ2n) is 6.22. The summed E-state index contributed by atoms with van der Waals surface area (Å²) in [5.41, 5.74) is 2.35. The first-order chi connectivity index (χ1) is 11.0. The van der Waals surface area contributed by atoms with Crippen LogP contribution in [0.25, 0.3) is 0 Å². The van der Waals surface area contributed by atoms with E-state index in [2.05, 4.69) is 0 Å². The number of hydrogen-bond acceptors (Lipinski definition) is 5. The number of anilines is 1. The van der Waals surface area contributed by atoms with Crippen LogP contribution < -0.4 is 9.64 Å². The Kier molecular flexibility index (Phi) is 2.86. The van der Waals surface area contributed by atoms with E-state index in [1.54, 1.807) is 6.07 Å². The molecule has 0 radical (unpaired) electrons. The van der Waals surface area contributed by atoms with E-state index in [1.807, 2.05) is 43.0 Å². The lowest BCUT2D eigenvalue weighted by atomic mass is 9.92. The van der Waals surface area contributed by atoms with E-state index in [4.69, 9.17) is 9.47 Å². The molecule has 0 unspecified atom stereocenters. The Morgan fingerprint density at radius 3 is 2.83 bits per heavy atom. The van der Waals surface area contributed by atoms with Crippen molar-refractivity contribution in [1.82, 2.24) is 0 Å². The van der Waals surface area contributed by atoms with Crippen LogP contribution >= 0.6 is 0 Å². The van der Waals surface area contributed by atoms with Gasteiger partial charge in [-0.2, -0.15) is 0 Å². The second-order valence-corrected chi connectivity index (χ2v) is 6.22. The van der Waals surface area contributed by atoms with E-state index in [-0.39, 0.29) is 5.69 Å². The van der Waals surface area contributed by atoms with E-state index in [9.17, 15) is 10.1 Å². The van der Waals surface area contributed by atoms with Gasteiger partial charge in [0.05, 0.1) is 16.1 Å². The molecule has 0 fully saturated rings. The third kappa shape index (κ3) is 2.06. The molecule has 6 heteroatoms. The molecular formula is C17H16N2O4. The van der Waals surface area contributed by atoms with Gasteiger partial charge >= 0.3 is 0 Å². The van der Waals surface area contributed by atoms with Crippen molar-refractivity contribution in [1.29, 1.82) is 0 Å².